The highest BCUT2D eigenvalue weighted by molar-refractivity contribution is 5.27. The van der Waals surface area contributed by atoms with Crippen molar-refractivity contribution in [1.29, 1.82) is 5.26 Å². The number of hydrogen-bond acceptors (Lipinski definition) is 3. The number of benzene rings is 1. The van der Waals surface area contributed by atoms with Crippen LogP contribution in [0.4, 0.5) is 0 Å². The first-order valence-electron chi connectivity index (χ1n) is 6.81. The van der Waals surface area contributed by atoms with Gasteiger partial charge in [0.15, 0.2) is 0 Å². The molecular formula is C16H24N2O. The molecule has 1 unspecified atom stereocenters. The lowest BCUT2D eigenvalue weighted by Gasteiger charge is -2.15. The average Bonchev–Trinajstić information content (AvgIpc) is 2.37. The average molecular weight is 260 g/mol. The van der Waals surface area contributed by atoms with Crippen LogP contribution >= 0.6 is 0 Å². The number of aryl methyl sites for hydroxylation is 1. The molecule has 0 bridgehead atoms. The highest BCUT2D eigenvalue weighted by atomic mass is 16.5. The molecule has 19 heavy (non-hydrogen) atoms. The second-order valence-electron chi connectivity index (χ2n) is 5.75. The van der Waals surface area contributed by atoms with Crippen molar-refractivity contribution in [2.24, 2.45) is 11.1 Å². The Bertz CT molecular complexity index is 415. The molecule has 3 heteroatoms. The molecule has 0 aromatic heterocycles. The Hall–Kier alpha value is -1.53. The van der Waals surface area contributed by atoms with Crippen molar-refractivity contribution in [3.05, 3.63) is 29.8 Å². The molecule has 0 fully saturated rings. The molecule has 1 rings (SSSR count). The molecule has 1 aromatic carbocycles. The summed E-state index contributed by atoms with van der Waals surface area (Å²) >= 11 is 0. The van der Waals surface area contributed by atoms with Crippen LogP contribution in [-0.2, 0) is 6.42 Å². The van der Waals surface area contributed by atoms with Gasteiger partial charge >= 0.3 is 0 Å². The maximum Gasteiger partial charge on any atom is 0.119 e. The molecule has 1 atom stereocenters. The van der Waals surface area contributed by atoms with E-state index in [2.05, 4.69) is 18.2 Å². The summed E-state index contributed by atoms with van der Waals surface area (Å²) in [5.41, 5.74) is 6.70. The van der Waals surface area contributed by atoms with Crippen LogP contribution in [0.1, 0.15) is 39.2 Å². The summed E-state index contributed by atoms with van der Waals surface area (Å²) in [6.45, 7) is 6.44. The van der Waals surface area contributed by atoms with Crippen LogP contribution in [0.3, 0.4) is 0 Å². The van der Waals surface area contributed by atoms with Crippen molar-refractivity contribution in [2.75, 3.05) is 6.61 Å². The second kappa shape index (κ2) is 7.16. The van der Waals surface area contributed by atoms with Crippen LogP contribution in [0.2, 0.25) is 0 Å². The number of nitrogens with zero attached hydrogens (tertiary/aromatic N) is 1. The van der Waals surface area contributed by atoms with E-state index in [0.717, 1.165) is 25.0 Å². The molecule has 0 aliphatic rings. The van der Waals surface area contributed by atoms with Crippen molar-refractivity contribution >= 4 is 0 Å². The lowest BCUT2D eigenvalue weighted by Crippen LogP contribution is -2.15. The summed E-state index contributed by atoms with van der Waals surface area (Å²) in [5.74, 6) is 0.860. The Morgan fingerprint density at radius 1 is 1.32 bits per heavy atom. The summed E-state index contributed by atoms with van der Waals surface area (Å²) < 4.78 is 5.65. The lowest BCUT2D eigenvalue weighted by molar-refractivity contribution is 0.264. The first-order valence-corrected chi connectivity index (χ1v) is 6.81. The van der Waals surface area contributed by atoms with E-state index in [-0.39, 0.29) is 11.5 Å². The molecule has 2 N–H and O–H groups in total. The summed E-state index contributed by atoms with van der Waals surface area (Å²) in [4.78, 5) is 0. The number of nitrogens with two attached hydrogens (primary N) is 1. The molecule has 0 radical (unpaired) electrons. The third-order valence-electron chi connectivity index (χ3n) is 3.11. The zero-order chi connectivity index (χ0) is 14.3. The molecule has 1 aromatic rings. The monoisotopic (exact) mass is 260 g/mol. The highest BCUT2D eigenvalue weighted by Gasteiger charge is 2.16. The largest absolute Gasteiger partial charge is 0.494 e. The predicted octanol–water partition coefficient (Wildman–Crippen LogP) is 3.29. The zero-order valence-electron chi connectivity index (χ0n) is 12.1. The topological polar surface area (TPSA) is 59.0 Å². The number of nitriles is 1. The van der Waals surface area contributed by atoms with Crippen LogP contribution in [-0.4, -0.2) is 12.6 Å². The van der Waals surface area contributed by atoms with Gasteiger partial charge < -0.3 is 10.5 Å². The Balaban J connectivity index is 2.38. The van der Waals surface area contributed by atoms with Crippen LogP contribution < -0.4 is 10.5 Å². The fraction of sp³-hybridized carbons (Fsp3) is 0.562. The van der Waals surface area contributed by atoms with Gasteiger partial charge in [-0.15, -0.1) is 0 Å². The van der Waals surface area contributed by atoms with Gasteiger partial charge in [-0.05, 0) is 57.7 Å². The van der Waals surface area contributed by atoms with Crippen LogP contribution in [0, 0.1) is 16.7 Å². The van der Waals surface area contributed by atoms with Gasteiger partial charge in [-0.1, -0.05) is 12.1 Å². The van der Waals surface area contributed by atoms with E-state index in [9.17, 15) is 0 Å². The lowest BCUT2D eigenvalue weighted by atomic mass is 9.92. The van der Waals surface area contributed by atoms with Gasteiger partial charge in [0.05, 0.1) is 18.1 Å². The van der Waals surface area contributed by atoms with Crippen LogP contribution in [0.25, 0.3) is 0 Å². The summed E-state index contributed by atoms with van der Waals surface area (Å²) in [7, 11) is 0. The predicted molar refractivity (Wildman–Crippen MR) is 77.9 cm³/mol. The summed E-state index contributed by atoms with van der Waals surface area (Å²) in [6, 6.07) is 10.6. The van der Waals surface area contributed by atoms with E-state index < -0.39 is 0 Å². The Labute approximate surface area is 116 Å². The quantitative estimate of drug-likeness (QED) is 0.818. The van der Waals surface area contributed by atoms with Gasteiger partial charge in [-0.3, -0.25) is 0 Å². The van der Waals surface area contributed by atoms with Crippen LogP contribution in [0.15, 0.2) is 24.3 Å². The van der Waals surface area contributed by atoms with E-state index in [1.807, 2.05) is 32.9 Å². The van der Waals surface area contributed by atoms with Crippen molar-refractivity contribution in [3.63, 3.8) is 0 Å². The van der Waals surface area contributed by atoms with Crippen molar-refractivity contribution in [2.45, 2.75) is 46.1 Å². The molecule has 0 aliphatic carbocycles. The summed E-state index contributed by atoms with van der Waals surface area (Å²) in [5, 5.41) is 8.92. The smallest absolute Gasteiger partial charge is 0.119 e. The van der Waals surface area contributed by atoms with Gasteiger partial charge in [0.2, 0.25) is 0 Å². The molecule has 104 valence electrons. The molecule has 0 saturated carbocycles. The fourth-order valence-corrected chi connectivity index (χ4v) is 1.63. The highest BCUT2D eigenvalue weighted by Crippen LogP contribution is 2.20. The molecular weight excluding hydrogens is 236 g/mol. The van der Waals surface area contributed by atoms with Gasteiger partial charge in [0, 0.05) is 6.04 Å². The second-order valence-corrected chi connectivity index (χ2v) is 5.75. The minimum absolute atomic E-state index is 0.240. The van der Waals surface area contributed by atoms with Crippen molar-refractivity contribution in [1.82, 2.24) is 0 Å². The van der Waals surface area contributed by atoms with E-state index >= 15 is 0 Å². The number of rotatable bonds is 7. The molecule has 0 heterocycles. The van der Waals surface area contributed by atoms with Crippen molar-refractivity contribution in [3.8, 4) is 11.8 Å². The third kappa shape index (κ3) is 6.26. The van der Waals surface area contributed by atoms with Gasteiger partial charge in [-0.25, -0.2) is 0 Å². The van der Waals surface area contributed by atoms with E-state index in [1.165, 1.54) is 5.56 Å². The Morgan fingerprint density at radius 3 is 2.47 bits per heavy atom. The number of hydrogen-bond donors (Lipinski definition) is 1. The zero-order valence-corrected chi connectivity index (χ0v) is 12.1. The molecule has 0 saturated heterocycles. The maximum absolute atomic E-state index is 8.92. The Morgan fingerprint density at radius 2 is 1.95 bits per heavy atom. The van der Waals surface area contributed by atoms with Crippen LogP contribution in [0.5, 0.6) is 5.75 Å². The van der Waals surface area contributed by atoms with Gasteiger partial charge in [0.25, 0.3) is 0 Å². The first kappa shape index (κ1) is 15.5. The number of ether oxygens (including phenoxy) is 1. The molecule has 0 spiro atoms. The molecule has 3 nitrogen and oxygen atoms in total. The first-order chi connectivity index (χ1) is 8.93. The minimum Gasteiger partial charge on any atom is -0.494 e. The molecule has 0 aliphatic heterocycles. The van der Waals surface area contributed by atoms with Gasteiger partial charge in [0.1, 0.15) is 5.75 Å². The van der Waals surface area contributed by atoms with E-state index in [0.29, 0.717) is 6.61 Å². The van der Waals surface area contributed by atoms with Gasteiger partial charge in [-0.2, -0.15) is 5.26 Å². The summed E-state index contributed by atoms with van der Waals surface area (Å²) in [6.07, 6.45) is 2.73. The fourth-order valence-electron chi connectivity index (χ4n) is 1.63. The SMILES string of the molecule is CC(N)CCc1ccc(OCCC(C)(C)C#N)cc1. The van der Waals surface area contributed by atoms with E-state index in [4.69, 9.17) is 15.7 Å². The maximum atomic E-state index is 8.92. The van der Waals surface area contributed by atoms with E-state index in [1.54, 1.807) is 0 Å². The normalized spacial score (nSPS) is 12.8. The minimum atomic E-state index is -0.322. The van der Waals surface area contributed by atoms with Crippen molar-refractivity contribution < 1.29 is 4.74 Å². The standard InChI is InChI=1S/C16H24N2O/c1-13(18)4-5-14-6-8-15(9-7-14)19-11-10-16(2,3)12-17/h6-9,13H,4-5,10-11,18H2,1-3H3. The molecule has 0 amide bonds. The third-order valence-corrected chi connectivity index (χ3v) is 3.11. The Kier molecular flexibility index (Phi) is 5.85.